The van der Waals surface area contributed by atoms with Gasteiger partial charge in [-0.2, -0.15) is 5.10 Å². The van der Waals surface area contributed by atoms with Crippen LogP contribution in [-0.2, 0) is 17.9 Å². The summed E-state index contributed by atoms with van der Waals surface area (Å²) in [6, 6.07) is 5.42. The molecule has 20 heavy (non-hydrogen) atoms. The molecule has 0 bridgehead atoms. The van der Waals surface area contributed by atoms with Gasteiger partial charge in [-0.3, -0.25) is 9.48 Å². The minimum Gasteiger partial charge on any atom is -0.467 e. The first-order valence-corrected chi connectivity index (χ1v) is 6.60. The maximum atomic E-state index is 12.4. The van der Waals surface area contributed by atoms with Gasteiger partial charge >= 0.3 is 0 Å². The number of hydrogen-bond acceptors (Lipinski definition) is 4. The van der Waals surface area contributed by atoms with Crippen LogP contribution in [-0.4, -0.2) is 38.8 Å². The van der Waals surface area contributed by atoms with Gasteiger partial charge in [0.2, 0.25) is 5.91 Å². The number of carbonyl (C=O) groups is 1. The topological polar surface area (TPSA) is 71.5 Å². The van der Waals surface area contributed by atoms with E-state index in [9.17, 15) is 4.79 Å². The highest BCUT2D eigenvalue weighted by Gasteiger charge is 2.21. The number of rotatable bonds is 7. The van der Waals surface area contributed by atoms with Crippen LogP contribution in [0.3, 0.4) is 0 Å². The number of aliphatic hydroxyl groups excluding tert-OH is 1. The minimum absolute atomic E-state index is 0.0223. The van der Waals surface area contributed by atoms with E-state index in [1.54, 1.807) is 28.1 Å². The summed E-state index contributed by atoms with van der Waals surface area (Å²) in [6.07, 6.45) is 5.09. The number of amides is 1. The van der Waals surface area contributed by atoms with E-state index in [0.717, 1.165) is 0 Å². The molecule has 2 aromatic heterocycles. The highest BCUT2D eigenvalue weighted by molar-refractivity contribution is 5.78. The van der Waals surface area contributed by atoms with Crippen molar-refractivity contribution in [3.05, 3.63) is 42.6 Å². The average molecular weight is 277 g/mol. The number of hydrogen-bond donors (Lipinski definition) is 1. The minimum atomic E-state index is -0.212. The van der Waals surface area contributed by atoms with Crippen molar-refractivity contribution in [2.45, 2.75) is 20.0 Å². The molecule has 0 aromatic carbocycles. The lowest BCUT2D eigenvalue weighted by Gasteiger charge is -2.24. The molecule has 2 aromatic rings. The molecule has 1 atom stereocenters. The second-order valence-corrected chi connectivity index (χ2v) is 4.69. The molecule has 0 radical (unpaired) electrons. The first-order valence-electron chi connectivity index (χ1n) is 6.60. The van der Waals surface area contributed by atoms with Gasteiger partial charge in [0.15, 0.2) is 0 Å². The number of nitrogens with zero attached hydrogens (tertiary/aromatic N) is 3. The fourth-order valence-electron chi connectivity index (χ4n) is 2.06. The van der Waals surface area contributed by atoms with Crippen molar-refractivity contribution >= 4 is 5.91 Å². The molecule has 2 rings (SSSR count). The van der Waals surface area contributed by atoms with Gasteiger partial charge in [0.1, 0.15) is 5.76 Å². The summed E-state index contributed by atoms with van der Waals surface area (Å²) in [5.74, 6) is 0.473. The lowest BCUT2D eigenvalue weighted by atomic mass is 10.1. The molecule has 1 N–H and O–H groups in total. The standard InChI is InChI=1S/C14H19N3O3/c1-12(10-17-6-3-5-15-17)14(19)16(7-8-18)11-13-4-2-9-20-13/h2-6,9,12,18H,7-8,10-11H2,1H3. The Morgan fingerprint density at radius 3 is 3.00 bits per heavy atom. The zero-order chi connectivity index (χ0) is 14.4. The van der Waals surface area contributed by atoms with Crippen molar-refractivity contribution in [2.24, 2.45) is 5.92 Å². The Hall–Kier alpha value is -2.08. The normalized spacial score (nSPS) is 12.3. The third-order valence-corrected chi connectivity index (χ3v) is 3.05. The van der Waals surface area contributed by atoms with Crippen molar-refractivity contribution < 1.29 is 14.3 Å². The van der Waals surface area contributed by atoms with Gasteiger partial charge in [0.05, 0.1) is 31.9 Å². The summed E-state index contributed by atoms with van der Waals surface area (Å²) in [5.41, 5.74) is 0. The third-order valence-electron chi connectivity index (χ3n) is 3.05. The van der Waals surface area contributed by atoms with E-state index in [1.165, 1.54) is 0 Å². The molecule has 1 unspecified atom stereocenters. The molecule has 2 heterocycles. The van der Waals surface area contributed by atoms with E-state index < -0.39 is 0 Å². The van der Waals surface area contributed by atoms with Crippen LogP contribution in [0.15, 0.2) is 41.3 Å². The Morgan fingerprint density at radius 2 is 2.40 bits per heavy atom. The van der Waals surface area contributed by atoms with Crippen LogP contribution in [0.1, 0.15) is 12.7 Å². The van der Waals surface area contributed by atoms with Crippen molar-refractivity contribution in [2.75, 3.05) is 13.2 Å². The quantitative estimate of drug-likeness (QED) is 0.823. The molecule has 0 aliphatic carbocycles. The van der Waals surface area contributed by atoms with Crippen LogP contribution >= 0.6 is 0 Å². The second-order valence-electron chi connectivity index (χ2n) is 4.69. The Kier molecular flexibility index (Phi) is 4.95. The molecule has 0 saturated heterocycles. The van der Waals surface area contributed by atoms with Crippen LogP contribution in [0.2, 0.25) is 0 Å². The summed E-state index contributed by atoms with van der Waals surface area (Å²) in [6.45, 7) is 2.97. The lowest BCUT2D eigenvalue weighted by Crippen LogP contribution is -2.38. The first-order chi connectivity index (χ1) is 9.70. The zero-order valence-electron chi connectivity index (χ0n) is 11.5. The Morgan fingerprint density at radius 1 is 1.55 bits per heavy atom. The molecule has 6 nitrogen and oxygen atoms in total. The average Bonchev–Trinajstić information content (AvgIpc) is 3.10. The Bertz CT molecular complexity index is 508. The van der Waals surface area contributed by atoms with Crippen molar-refractivity contribution in [1.29, 1.82) is 0 Å². The van der Waals surface area contributed by atoms with Crippen LogP contribution in [0.4, 0.5) is 0 Å². The van der Waals surface area contributed by atoms with Crippen LogP contribution in [0.5, 0.6) is 0 Å². The highest BCUT2D eigenvalue weighted by atomic mass is 16.3. The van der Waals surface area contributed by atoms with Gasteiger partial charge in [0.25, 0.3) is 0 Å². The van der Waals surface area contributed by atoms with Gasteiger partial charge in [-0.15, -0.1) is 0 Å². The molecular weight excluding hydrogens is 258 g/mol. The molecule has 6 heteroatoms. The fraction of sp³-hybridized carbons (Fsp3) is 0.429. The molecule has 0 aliphatic heterocycles. The lowest BCUT2D eigenvalue weighted by molar-refractivity contribution is -0.137. The number of carbonyl (C=O) groups excluding carboxylic acids is 1. The maximum Gasteiger partial charge on any atom is 0.227 e. The maximum absolute atomic E-state index is 12.4. The smallest absolute Gasteiger partial charge is 0.227 e. The molecule has 1 amide bonds. The monoisotopic (exact) mass is 277 g/mol. The number of furan rings is 1. The largest absolute Gasteiger partial charge is 0.467 e. The highest BCUT2D eigenvalue weighted by Crippen LogP contribution is 2.11. The van der Waals surface area contributed by atoms with Crippen molar-refractivity contribution in [3.63, 3.8) is 0 Å². The molecule has 0 saturated carbocycles. The van der Waals surface area contributed by atoms with E-state index in [1.807, 2.05) is 25.3 Å². The van der Waals surface area contributed by atoms with Gasteiger partial charge in [-0.1, -0.05) is 6.92 Å². The predicted molar refractivity (Wildman–Crippen MR) is 72.6 cm³/mol. The third kappa shape index (κ3) is 3.71. The molecule has 0 spiro atoms. The van der Waals surface area contributed by atoms with Gasteiger partial charge in [-0.05, 0) is 18.2 Å². The Balaban J connectivity index is 1.98. The fourth-order valence-corrected chi connectivity index (χ4v) is 2.06. The molecular formula is C14H19N3O3. The van der Waals surface area contributed by atoms with Crippen LogP contribution in [0.25, 0.3) is 0 Å². The summed E-state index contributed by atoms with van der Waals surface area (Å²) in [5, 5.41) is 13.2. The number of aromatic nitrogens is 2. The summed E-state index contributed by atoms with van der Waals surface area (Å²) < 4.78 is 6.98. The second kappa shape index (κ2) is 6.91. The Labute approximate surface area is 117 Å². The number of aliphatic hydroxyl groups is 1. The van der Waals surface area contributed by atoms with E-state index in [0.29, 0.717) is 25.4 Å². The predicted octanol–water partition coefficient (Wildman–Crippen LogP) is 1.13. The zero-order valence-corrected chi connectivity index (χ0v) is 11.5. The van der Waals surface area contributed by atoms with Crippen LogP contribution < -0.4 is 0 Å². The van der Waals surface area contributed by atoms with Gasteiger partial charge < -0.3 is 14.4 Å². The van der Waals surface area contributed by atoms with Gasteiger partial charge in [-0.25, -0.2) is 0 Å². The van der Waals surface area contributed by atoms with E-state index >= 15 is 0 Å². The summed E-state index contributed by atoms with van der Waals surface area (Å²) in [7, 11) is 0. The summed E-state index contributed by atoms with van der Waals surface area (Å²) in [4.78, 5) is 14.0. The van der Waals surface area contributed by atoms with Crippen molar-refractivity contribution in [3.8, 4) is 0 Å². The van der Waals surface area contributed by atoms with Crippen molar-refractivity contribution in [1.82, 2.24) is 14.7 Å². The van der Waals surface area contributed by atoms with Crippen LogP contribution in [0, 0.1) is 5.92 Å². The van der Waals surface area contributed by atoms with E-state index in [4.69, 9.17) is 9.52 Å². The summed E-state index contributed by atoms with van der Waals surface area (Å²) >= 11 is 0. The first kappa shape index (κ1) is 14.3. The van der Waals surface area contributed by atoms with Gasteiger partial charge in [0, 0.05) is 18.9 Å². The van der Waals surface area contributed by atoms with E-state index in [-0.39, 0.29) is 18.4 Å². The molecule has 0 fully saturated rings. The SMILES string of the molecule is CC(Cn1cccn1)C(=O)N(CCO)Cc1ccco1. The van der Waals surface area contributed by atoms with E-state index in [2.05, 4.69) is 5.10 Å². The molecule has 0 aliphatic rings. The molecule has 108 valence electrons.